The first-order valence-corrected chi connectivity index (χ1v) is 4.07. The quantitative estimate of drug-likeness (QED) is 0.393. The number of benzene rings is 1. The summed E-state index contributed by atoms with van der Waals surface area (Å²) in [7, 11) is -4.00. The number of rotatable bonds is 1. The molecule has 1 aromatic carbocycles. The van der Waals surface area contributed by atoms with Crippen LogP contribution in [0.15, 0.2) is 35.2 Å². The van der Waals surface area contributed by atoms with Crippen LogP contribution in [0.25, 0.3) is 0 Å². The molecular weight excluding hydrogens is 191 g/mol. The van der Waals surface area contributed by atoms with Crippen molar-refractivity contribution in [2.75, 3.05) is 0 Å². The molecule has 12 heavy (non-hydrogen) atoms. The second kappa shape index (κ2) is 5.69. The fourth-order valence-electron chi connectivity index (χ4n) is 0.592. The maximum atomic E-state index is 10.4. The summed E-state index contributed by atoms with van der Waals surface area (Å²) in [6.07, 6.45) is 0. The smallest absolute Gasteiger partial charge is 1.00 e. The fourth-order valence-corrected chi connectivity index (χ4v) is 1.09. The van der Waals surface area contributed by atoms with Crippen LogP contribution in [-0.4, -0.2) is 18.4 Å². The molecule has 0 spiro atoms. The molecule has 0 aromatic heterocycles. The zero-order valence-corrected chi connectivity index (χ0v) is 9.38. The Labute approximate surface area is 94.4 Å². The standard InChI is InChI=1S/C6H6O3S.Na.H2O.H/c7-10(8,9)6-4-2-1-3-5-6;;;/h1-5H,(H,7,8,9);;1H2;/q;+1;;-1. The van der Waals surface area contributed by atoms with E-state index in [-0.39, 0.29) is 41.4 Å². The van der Waals surface area contributed by atoms with Gasteiger partial charge in [-0.3, -0.25) is 4.55 Å². The topological polar surface area (TPSA) is 85.9 Å². The third kappa shape index (κ3) is 4.20. The first-order valence-electron chi connectivity index (χ1n) is 2.63. The van der Waals surface area contributed by atoms with E-state index >= 15 is 0 Å². The minimum absolute atomic E-state index is 0. The molecule has 0 aliphatic rings. The summed E-state index contributed by atoms with van der Waals surface area (Å²) >= 11 is 0. The normalized spacial score (nSPS) is 9.42. The largest absolute Gasteiger partial charge is 1.00 e. The van der Waals surface area contributed by atoms with Gasteiger partial charge in [0.05, 0.1) is 4.90 Å². The van der Waals surface area contributed by atoms with Crippen molar-refractivity contribution in [1.82, 2.24) is 0 Å². The monoisotopic (exact) mass is 200 g/mol. The summed E-state index contributed by atoms with van der Waals surface area (Å²) in [5.41, 5.74) is 0. The molecule has 4 nitrogen and oxygen atoms in total. The van der Waals surface area contributed by atoms with Crippen molar-refractivity contribution in [3.05, 3.63) is 30.3 Å². The maximum absolute atomic E-state index is 10.4. The van der Waals surface area contributed by atoms with Crippen LogP contribution in [0.3, 0.4) is 0 Å². The summed E-state index contributed by atoms with van der Waals surface area (Å²) in [6.45, 7) is 0. The van der Waals surface area contributed by atoms with E-state index in [2.05, 4.69) is 0 Å². The van der Waals surface area contributed by atoms with Crippen LogP contribution >= 0.6 is 0 Å². The van der Waals surface area contributed by atoms with Gasteiger partial charge in [-0.25, -0.2) is 0 Å². The summed E-state index contributed by atoms with van der Waals surface area (Å²) in [5.74, 6) is 0. The summed E-state index contributed by atoms with van der Waals surface area (Å²) in [6, 6.07) is 7.42. The van der Waals surface area contributed by atoms with Crippen LogP contribution < -0.4 is 29.6 Å². The molecule has 1 aromatic rings. The second-order valence-electron chi connectivity index (χ2n) is 1.79. The van der Waals surface area contributed by atoms with E-state index in [4.69, 9.17) is 4.55 Å². The Morgan fingerprint density at radius 2 is 1.58 bits per heavy atom. The first-order chi connectivity index (χ1) is 4.61. The van der Waals surface area contributed by atoms with E-state index in [0.29, 0.717) is 0 Å². The molecule has 0 saturated heterocycles. The van der Waals surface area contributed by atoms with Gasteiger partial charge in [0.1, 0.15) is 0 Å². The molecule has 0 bridgehead atoms. The first kappa shape index (κ1) is 14.6. The Bertz CT molecular complexity index is 313. The van der Waals surface area contributed by atoms with Gasteiger partial charge >= 0.3 is 29.6 Å². The molecule has 1 rings (SSSR count). The van der Waals surface area contributed by atoms with Crippen molar-refractivity contribution in [2.45, 2.75) is 4.90 Å². The van der Waals surface area contributed by atoms with Gasteiger partial charge in [0, 0.05) is 0 Å². The molecule has 64 valence electrons. The average Bonchev–Trinajstić information content (AvgIpc) is 1.88. The van der Waals surface area contributed by atoms with Gasteiger partial charge in [-0.15, -0.1) is 0 Å². The van der Waals surface area contributed by atoms with Crippen molar-refractivity contribution < 1.29 is 49.4 Å². The van der Waals surface area contributed by atoms with E-state index in [1.165, 1.54) is 12.1 Å². The van der Waals surface area contributed by atoms with Crippen LogP contribution in [0.2, 0.25) is 0 Å². The van der Waals surface area contributed by atoms with Gasteiger partial charge in [0.2, 0.25) is 0 Å². The minimum atomic E-state index is -4.00. The summed E-state index contributed by atoms with van der Waals surface area (Å²) < 4.78 is 29.2. The molecule has 0 saturated carbocycles. The van der Waals surface area contributed by atoms with Crippen molar-refractivity contribution in [3.63, 3.8) is 0 Å². The molecule has 0 amide bonds. The zero-order valence-electron chi connectivity index (χ0n) is 7.56. The number of hydrogen-bond acceptors (Lipinski definition) is 2. The van der Waals surface area contributed by atoms with Gasteiger partial charge in [-0.05, 0) is 12.1 Å². The van der Waals surface area contributed by atoms with Crippen LogP contribution in [0.1, 0.15) is 1.43 Å². The van der Waals surface area contributed by atoms with Crippen LogP contribution in [0.4, 0.5) is 0 Å². The van der Waals surface area contributed by atoms with Crippen molar-refractivity contribution >= 4 is 10.1 Å². The van der Waals surface area contributed by atoms with Gasteiger partial charge < -0.3 is 6.90 Å². The average molecular weight is 200 g/mol. The van der Waals surface area contributed by atoms with Crippen LogP contribution in [-0.2, 0) is 10.1 Å². The van der Waals surface area contributed by atoms with E-state index in [1.807, 2.05) is 0 Å². The Kier molecular flexibility index (Phi) is 6.92. The fraction of sp³-hybridized carbons (Fsp3) is 0. The van der Waals surface area contributed by atoms with Crippen molar-refractivity contribution in [1.29, 1.82) is 0 Å². The summed E-state index contributed by atoms with van der Waals surface area (Å²) in [5, 5.41) is 0. The van der Waals surface area contributed by atoms with Gasteiger partial charge in [-0.1, -0.05) is 18.2 Å². The minimum Gasteiger partial charge on any atom is -1.00 e. The predicted octanol–water partition coefficient (Wildman–Crippen LogP) is -2.77. The van der Waals surface area contributed by atoms with E-state index in [9.17, 15) is 8.42 Å². The molecule has 0 radical (unpaired) electrons. The molecule has 0 unspecified atom stereocenters. The Balaban J connectivity index is -0.000000333. The SMILES string of the molecule is O.O=S(=O)(O)c1ccccc1.[H-].[Na+]. The third-order valence-electron chi connectivity index (χ3n) is 1.04. The molecule has 0 atom stereocenters. The zero-order chi connectivity index (χ0) is 7.61. The molecule has 0 aliphatic carbocycles. The van der Waals surface area contributed by atoms with Gasteiger partial charge in [0.15, 0.2) is 0 Å². The van der Waals surface area contributed by atoms with E-state index in [1.54, 1.807) is 18.2 Å². The maximum Gasteiger partial charge on any atom is 1.00 e. The van der Waals surface area contributed by atoms with Crippen molar-refractivity contribution in [2.24, 2.45) is 0 Å². The van der Waals surface area contributed by atoms with E-state index in [0.717, 1.165) is 0 Å². The Hall–Kier alpha value is 0.0900. The van der Waals surface area contributed by atoms with Gasteiger partial charge in [-0.2, -0.15) is 8.42 Å². The molecule has 3 N–H and O–H groups in total. The molecule has 0 fully saturated rings. The van der Waals surface area contributed by atoms with Gasteiger partial charge in [0.25, 0.3) is 10.1 Å². The molecule has 6 heteroatoms. The second-order valence-corrected chi connectivity index (χ2v) is 3.21. The van der Waals surface area contributed by atoms with Crippen LogP contribution in [0, 0.1) is 0 Å². The number of hydrogen-bond donors (Lipinski definition) is 1. The Morgan fingerprint density at radius 1 is 1.17 bits per heavy atom. The molecule has 0 heterocycles. The Morgan fingerprint density at radius 3 is 1.83 bits per heavy atom. The summed E-state index contributed by atoms with van der Waals surface area (Å²) in [4.78, 5) is -0.0741. The molecule has 0 aliphatic heterocycles. The van der Waals surface area contributed by atoms with Crippen LogP contribution in [0.5, 0.6) is 0 Å². The predicted molar refractivity (Wildman–Crippen MR) is 41.0 cm³/mol. The third-order valence-corrected chi connectivity index (χ3v) is 1.91. The molecular formula is C6H9NaO4S. The van der Waals surface area contributed by atoms with Crippen molar-refractivity contribution in [3.8, 4) is 0 Å². The van der Waals surface area contributed by atoms with E-state index < -0.39 is 10.1 Å².